The molecule has 0 bridgehead atoms. The number of aromatic hydroxyl groups is 2. The van der Waals surface area contributed by atoms with Gasteiger partial charge in [0.25, 0.3) is 5.91 Å². The van der Waals surface area contributed by atoms with Crippen LogP contribution in [-0.2, 0) is 6.54 Å². The summed E-state index contributed by atoms with van der Waals surface area (Å²) in [4.78, 5) is 12.2. The van der Waals surface area contributed by atoms with Crippen LogP contribution in [0.25, 0.3) is 10.8 Å². The van der Waals surface area contributed by atoms with Crippen LogP contribution < -0.4 is 0 Å². The molecule has 0 saturated heterocycles. The van der Waals surface area contributed by atoms with Gasteiger partial charge in [0.1, 0.15) is 16.0 Å². The number of halogens is 2. The lowest BCUT2D eigenvalue weighted by molar-refractivity contribution is 0.0993. The number of amides is 1. The predicted molar refractivity (Wildman–Crippen MR) is 102 cm³/mol. The molecule has 0 atom stereocenters. The fourth-order valence-corrected chi connectivity index (χ4v) is 3.53. The number of hydrogen-bond acceptors (Lipinski definition) is 4. The minimum Gasteiger partial charge on any atom is -0.506 e. The highest BCUT2D eigenvalue weighted by molar-refractivity contribution is 9.11. The van der Waals surface area contributed by atoms with Crippen molar-refractivity contribution in [1.82, 2.24) is 0 Å². The molecule has 3 aromatic rings. The number of rotatable bonds is 3. The molecule has 25 heavy (non-hydrogen) atoms. The fraction of sp³-hybridized carbons (Fsp3) is 0.0556. The van der Waals surface area contributed by atoms with Crippen LogP contribution in [0.4, 0.5) is 0 Å². The Kier molecular flexibility index (Phi) is 5.15. The number of hydrogen-bond donors (Lipinski definition) is 2. The van der Waals surface area contributed by atoms with Gasteiger partial charge in [-0.2, -0.15) is 5.11 Å². The highest BCUT2D eigenvalue weighted by Gasteiger charge is 2.14. The van der Waals surface area contributed by atoms with Gasteiger partial charge < -0.3 is 10.2 Å². The van der Waals surface area contributed by atoms with Gasteiger partial charge in [-0.15, -0.1) is 5.11 Å². The van der Waals surface area contributed by atoms with Crippen LogP contribution in [-0.4, -0.2) is 16.1 Å². The van der Waals surface area contributed by atoms with Crippen molar-refractivity contribution in [3.8, 4) is 11.5 Å². The topological polar surface area (TPSA) is 82.2 Å². The lowest BCUT2D eigenvalue weighted by atomic mass is 10.1. The van der Waals surface area contributed by atoms with Crippen LogP contribution in [0.5, 0.6) is 11.5 Å². The summed E-state index contributed by atoms with van der Waals surface area (Å²) in [5, 5.41) is 29.2. The second-order valence-corrected chi connectivity index (χ2v) is 6.94. The SMILES string of the molecule is O=C(N=NCc1cc(Br)c(O)c(Br)c1O)c1ccc2ccccc2c1. The lowest BCUT2D eigenvalue weighted by Crippen LogP contribution is -1.94. The van der Waals surface area contributed by atoms with Crippen LogP contribution in [0.1, 0.15) is 15.9 Å². The molecule has 0 aliphatic heterocycles. The normalized spacial score (nSPS) is 11.3. The Hall–Kier alpha value is -2.25. The van der Waals surface area contributed by atoms with Gasteiger partial charge in [0, 0.05) is 11.1 Å². The molecule has 3 aromatic carbocycles. The number of fused-ring (bicyclic) bond motifs is 1. The van der Waals surface area contributed by atoms with Crippen molar-refractivity contribution in [3.63, 3.8) is 0 Å². The molecule has 5 nitrogen and oxygen atoms in total. The first-order valence-corrected chi connectivity index (χ1v) is 8.85. The van der Waals surface area contributed by atoms with Gasteiger partial charge in [-0.05, 0) is 60.8 Å². The largest absolute Gasteiger partial charge is 0.506 e. The van der Waals surface area contributed by atoms with Crippen molar-refractivity contribution < 1.29 is 15.0 Å². The monoisotopic (exact) mass is 462 g/mol. The number of carbonyl (C=O) groups is 1. The third-order valence-electron chi connectivity index (χ3n) is 3.65. The Bertz CT molecular complexity index is 1000. The van der Waals surface area contributed by atoms with Crippen LogP contribution in [0.15, 0.2) is 67.7 Å². The Labute approximate surface area is 160 Å². The van der Waals surface area contributed by atoms with E-state index in [2.05, 4.69) is 42.1 Å². The smallest absolute Gasteiger partial charge is 0.295 e. The Balaban J connectivity index is 1.79. The van der Waals surface area contributed by atoms with E-state index in [1.807, 2.05) is 30.3 Å². The van der Waals surface area contributed by atoms with E-state index < -0.39 is 5.91 Å². The van der Waals surface area contributed by atoms with Crippen molar-refractivity contribution in [2.75, 3.05) is 0 Å². The van der Waals surface area contributed by atoms with E-state index in [1.165, 1.54) is 6.07 Å². The van der Waals surface area contributed by atoms with Crippen molar-refractivity contribution >= 4 is 48.5 Å². The zero-order valence-corrected chi connectivity index (χ0v) is 16.0. The van der Waals surface area contributed by atoms with Gasteiger partial charge >= 0.3 is 0 Å². The molecular weight excluding hydrogens is 452 g/mol. The van der Waals surface area contributed by atoms with E-state index in [-0.39, 0.29) is 22.5 Å². The van der Waals surface area contributed by atoms with Gasteiger partial charge in [-0.25, -0.2) is 0 Å². The van der Waals surface area contributed by atoms with Crippen molar-refractivity contribution in [3.05, 3.63) is 68.6 Å². The molecule has 0 saturated carbocycles. The Morgan fingerprint density at radius 1 is 0.960 bits per heavy atom. The summed E-state index contributed by atoms with van der Waals surface area (Å²) < 4.78 is 0.566. The van der Waals surface area contributed by atoms with E-state index in [0.29, 0.717) is 15.6 Å². The van der Waals surface area contributed by atoms with Crippen LogP contribution in [0.3, 0.4) is 0 Å². The molecule has 0 unspecified atom stereocenters. The maximum absolute atomic E-state index is 12.2. The van der Waals surface area contributed by atoms with Crippen LogP contribution >= 0.6 is 31.9 Å². The van der Waals surface area contributed by atoms with E-state index in [1.54, 1.807) is 12.1 Å². The van der Waals surface area contributed by atoms with Crippen LogP contribution in [0, 0.1) is 0 Å². The summed E-state index contributed by atoms with van der Waals surface area (Å²) in [5.41, 5.74) is 0.867. The van der Waals surface area contributed by atoms with E-state index in [4.69, 9.17) is 0 Å². The molecule has 0 heterocycles. The van der Waals surface area contributed by atoms with Gasteiger partial charge in [0.2, 0.25) is 0 Å². The second-order valence-electron chi connectivity index (χ2n) is 5.30. The number of benzene rings is 3. The summed E-state index contributed by atoms with van der Waals surface area (Å²) >= 11 is 6.27. The Morgan fingerprint density at radius 2 is 1.68 bits per heavy atom. The number of phenolic OH excluding ortho intramolecular Hbond substituents is 2. The predicted octanol–water partition coefficient (Wildman–Crippen LogP) is 5.57. The molecule has 0 aromatic heterocycles. The molecule has 0 aliphatic carbocycles. The maximum Gasteiger partial charge on any atom is 0.295 e. The summed E-state index contributed by atoms with van der Waals surface area (Å²) in [6, 6.07) is 14.6. The van der Waals surface area contributed by atoms with Gasteiger partial charge in [-0.3, -0.25) is 4.79 Å². The molecule has 1 amide bonds. The van der Waals surface area contributed by atoms with Gasteiger partial charge in [0.15, 0.2) is 0 Å². The zero-order valence-electron chi connectivity index (χ0n) is 12.8. The standard InChI is InChI=1S/C18H12Br2N2O3/c19-14-8-13(16(23)15(20)17(14)24)9-21-22-18(25)12-6-5-10-3-1-2-4-11(10)7-12/h1-8,23-24H,9H2. The molecule has 126 valence electrons. The number of carbonyl (C=O) groups excluding carboxylic acids is 1. The molecule has 2 N–H and O–H groups in total. The zero-order chi connectivity index (χ0) is 18.0. The molecular formula is C18H12Br2N2O3. The molecule has 7 heteroatoms. The summed E-state index contributed by atoms with van der Waals surface area (Å²) in [7, 11) is 0. The molecule has 0 aliphatic rings. The number of azo groups is 1. The fourth-order valence-electron chi connectivity index (χ4n) is 2.32. The van der Waals surface area contributed by atoms with Crippen molar-refractivity contribution in [1.29, 1.82) is 0 Å². The van der Waals surface area contributed by atoms with Crippen LogP contribution in [0.2, 0.25) is 0 Å². The molecule has 3 rings (SSSR count). The van der Waals surface area contributed by atoms with Crippen molar-refractivity contribution in [2.45, 2.75) is 6.54 Å². The van der Waals surface area contributed by atoms with Gasteiger partial charge in [0.05, 0.1) is 11.0 Å². The number of nitrogens with zero attached hydrogens (tertiary/aromatic N) is 2. The van der Waals surface area contributed by atoms with E-state index in [0.717, 1.165) is 10.8 Å². The Morgan fingerprint density at radius 3 is 2.44 bits per heavy atom. The average Bonchev–Trinajstić information content (AvgIpc) is 2.63. The molecule has 0 radical (unpaired) electrons. The highest BCUT2D eigenvalue weighted by atomic mass is 79.9. The molecule has 0 fully saturated rings. The first kappa shape index (κ1) is 17.6. The quantitative estimate of drug-likeness (QED) is 0.498. The third-order valence-corrected chi connectivity index (χ3v) is 5.00. The maximum atomic E-state index is 12.2. The summed E-state index contributed by atoms with van der Waals surface area (Å²) in [5.74, 6) is -0.703. The average molecular weight is 464 g/mol. The van der Waals surface area contributed by atoms with E-state index >= 15 is 0 Å². The first-order valence-electron chi connectivity index (χ1n) is 7.27. The summed E-state index contributed by atoms with van der Waals surface area (Å²) in [6.45, 7) is 0.00261. The van der Waals surface area contributed by atoms with Crippen molar-refractivity contribution in [2.24, 2.45) is 10.2 Å². The minimum absolute atomic E-state index is 0.00261. The minimum atomic E-state index is -0.456. The summed E-state index contributed by atoms with van der Waals surface area (Å²) in [6.07, 6.45) is 0. The number of phenols is 2. The lowest BCUT2D eigenvalue weighted by Gasteiger charge is -2.07. The van der Waals surface area contributed by atoms with Gasteiger partial charge in [-0.1, -0.05) is 30.3 Å². The van der Waals surface area contributed by atoms with E-state index in [9.17, 15) is 15.0 Å². The molecule has 0 spiro atoms. The highest BCUT2D eigenvalue weighted by Crippen LogP contribution is 2.41. The second kappa shape index (κ2) is 7.33. The third kappa shape index (κ3) is 3.72. The first-order chi connectivity index (χ1) is 12.0.